The molecule has 1 atom stereocenters. The first-order chi connectivity index (χ1) is 11.6. The fourth-order valence-electron chi connectivity index (χ4n) is 2.52. The smallest absolute Gasteiger partial charge is 0.253 e. The highest BCUT2D eigenvalue weighted by Crippen LogP contribution is 2.23. The van der Waals surface area contributed by atoms with E-state index < -0.39 is 0 Å². The number of nitrogens with zero attached hydrogens (tertiary/aromatic N) is 1. The van der Waals surface area contributed by atoms with Gasteiger partial charge in [0.1, 0.15) is 0 Å². The van der Waals surface area contributed by atoms with Crippen molar-refractivity contribution < 1.29 is 4.79 Å². The summed E-state index contributed by atoms with van der Waals surface area (Å²) >= 11 is 6.14. The maximum absolute atomic E-state index is 12.7. The van der Waals surface area contributed by atoms with Crippen molar-refractivity contribution >= 4 is 17.5 Å². The van der Waals surface area contributed by atoms with Gasteiger partial charge in [-0.15, -0.1) is 0 Å². The normalized spacial score (nSPS) is 11.8. The Labute approximate surface area is 146 Å². The second-order valence-corrected chi connectivity index (χ2v) is 5.99. The van der Waals surface area contributed by atoms with Crippen molar-refractivity contribution in [2.45, 2.75) is 13.0 Å². The number of nitrogens with one attached hydrogen (secondary N) is 1. The van der Waals surface area contributed by atoms with Crippen LogP contribution in [0.4, 0.5) is 0 Å². The minimum atomic E-state index is -0.289. The number of carbonyl (C=O) groups excluding carboxylic acids is 1. The van der Waals surface area contributed by atoms with Gasteiger partial charge < -0.3 is 5.32 Å². The molecule has 0 saturated heterocycles. The van der Waals surface area contributed by atoms with Gasteiger partial charge in [-0.05, 0) is 36.2 Å². The van der Waals surface area contributed by atoms with E-state index >= 15 is 0 Å². The third-order valence-corrected chi connectivity index (χ3v) is 4.15. The lowest BCUT2D eigenvalue weighted by atomic mass is 9.98. The molecule has 0 aliphatic heterocycles. The molecule has 1 amide bonds. The molecule has 2 aromatic carbocycles. The highest BCUT2D eigenvalue weighted by Gasteiger charge is 2.19. The van der Waals surface area contributed by atoms with Crippen molar-refractivity contribution in [1.29, 1.82) is 0 Å². The number of pyridine rings is 1. The number of carbonyl (C=O) groups is 1. The van der Waals surface area contributed by atoms with Gasteiger partial charge in [0.15, 0.2) is 0 Å². The molecule has 3 aromatic rings. The lowest BCUT2D eigenvalue weighted by molar-refractivity contribution is 0.0943. The minimum absolute atomic E-state index is 0.213. The molecular formula is C20H17ClN2O. The molecule has 0 fully saturated rings. The summed E-state index contributed by atoms with van der Waals surface area (Å²) in [5.74, 6) is -0.213. The second-order valence-electron chi connectivity index (χ2n) is 5.58. The summed E-state index contributed by atoms with van der Waals surface area (Å²) in [5, 5.41) is 3.50. The molecule has 0 saturated carbocycles. The average Bonchev–Trinajstić information content (AvgIpc) is 2.61. The van der Waals surface area contributed by atoms with Crippen molar-refractivity contribution in [3.8, 4) is 0 Å². The predicted molar refractivity (Wildman–Crippen MR) is 96.2 cm³/mol. The van der Waals surface area contributed by atoms with Gasteiger partial charge in [-0.2, -0.15) is 0 Å². The SMILES string of the molecule is Cc1ccc(C(NC(=O)c2ccccc2Cl)c2cccnc2)cc1. The topological polar surface area (TPSA) is 42.0 Å². The molecule has 1 unspecified atom stereocenters. The van der Waals surface area contributed by atoms with Crippen molar-refractivity contribution in [2.24, 2.45) is 0 Å². The fourth-order valence-corrected chi connectivity index (χ4v) is 2.74. The number of benzene rings is 2. The van der Waals surface area contributed by atoms with Gasteiger partial charge in [0.05, 0.1) is 16.6 Å². The van der Waals surface area contributed by atoms with E-state index in [0.29, 0.717) is 10.6 Å². The third-order valence-electron chi connectivity index (χ3n) is 3.82. The molecule has 1 N–H and O–H groups in total. The van der Waals surface area contributed by atoms with Crippen LogP contribution >= 0.6 is 11.6 Å². The number of aromatic nitrogens is 1. The van der Waals surface area contributed by atoms with Gasteiger partial charge in [0, 0.05) is 12.4 Å². The summed E-state index contributed by atoms with van der Waals surface area (Å²) in [7, 11) is 0. The van der Waals surface area contributed by atoms with Crippen LogP contribution in [0.3, 0.4) is 0 Å². The third kappa shape index (κ3) is 3.63. The lowest BCUT2D eigenvalue weighted by Gasteiger charge is -2.20. The Morgan fingerprint density at radius 2 is 1.75 bits per heavy atom. The lowest BCUT2D eigenvalue weighted by Crippen LogP contribution is -2.29. The molecule has 120 valence electrons. The van der Waals surface area contributed by atoms with Crippen LogP contribution < -0.4 is 5.32 Å². The highest BCUT2D eigenvalue weighted by molar-refractivity contribution is 6.33. The second kappa shape index (κ2) is 7.28. The Morgan fingerprint density at radius 1 is 1.00 bits per heavy atom. The van der Waals surface area contributed by atoms with E-state index in [1.807, 2.05) is 43.3 Å². The van der Waals surface area contributed by atoms with Crippen molar-refractivity contribution in [3.05, 3.63) is 100 Å². The zero-order valence-corrected chi connectivity index (χ0v) is 14.0. The summed E-state index contributed by atoms with van der Waals surface area (Å²) in [6.07, 6.45) is 3.48. The van der Waals surface area contributed by atoms with Crippen LogP contribution in [0.15, 0.2) is 73.1 Å². The van der Waals surface area contributed by atoms with E-state index in [1.54, 1.807) is 36.7 Å². The summed E-state index contributed by atoms with van der Waals surface area (Å²) < 4.78 is 0. The van der Waals surface area contributed by atoms with Gasteiger partial charge >= 0.3 is 0 Å². The van der Waals surface area contributed by atoms with E-state index in [9.17, 15) is 4.79 Å². The van der Waals surface area contributed by atoms with Gasteiger partial charge in [-0.25, -0.2) is 0 Å². The molecule has 0 spiro atoms. The van der Waals surface area contributed by atoms with Gasteiger partial charge in [0.25, 0.3) is 5.91 Å². The van der Waals surface area contributed by atoms with Crippen LogP contribution in [0.2, 0.25) is 5.02 Å². The molecule has 4 heteroatoms. The molecule has 1 aromatic heterocycles. The van der Waals surface area contributed by atoms with Crippen LogP contribution in [0.5, 0.6) is 0 Å². The molecule has 1 heterocycles. The predicted octanol–water partition coefficient (Wildman–Crippen LogP) is 4.56. The quantitative estimate of drug-likeness (QED) is 0.758. The maximum atomic E-state index is 12.7. The van der Waals surface area contributed by atoms with Crippen LogP contribution in [0, 0.1) is 6.92 Å². The van der Waals surface area contributed by atoms with Crippen LogP contribution in [-0.2, 0) is 0 Å². The summed E-state index contributed by atoms with van der Waals surface area (Å²) in [5.41, 5.74) is 3.54. The standard InChI is InChI=1S/C20H17ClN2O/c1-14-8-10-15(11-9-14)19(16-5-4-12-22-13-16)23-20(24)17-6-2-3-7-18(17)21/h2-13,19H,1H3,(H,23,24). The van der Waals surface area contributed by atoms with Crippen molar-refractivity contribution in [1.82, 2.24) is 10.3 Å². The number of rotatable bonds is 4. The van der Waals surface area contributed by atoms with E-state index in [1.165, 1.54) is 5.56 Å². The monoisotopic (exact) mass is 336 g/mol. The zero-order valence-electron chi connectivity index (χ0n) is 13.2. The summed E-state index contributed by atoms with van der Waals surface area (Å²) in [6.45, 7) is 2.03. The van der Waals surface area contributed by atoms with Crippen LogP contribution in [-0.4, -0.2) is 10.9 Å². The van der Waals surface area contributed by atoms with Crippen molar-refractivity contribution in [3.63, 3.8) is 0 Å². The van der Waals surface area contributed by atoms with Gasteiger partial charge in [-0.3, -0.25) is 9.78 Å². The number of halogens is 1. The zero-order chi connectivity index (χ0) is 16.9. The molecule has 24 heavy (non-hydrogen) atoms. The Balaban J connectivity index is 1.95. The Bertz CT molecular complexity index is 832. The molecule has 0 bridgehead atoms. The van der Waals surface area contributed by atoms with E-state index in [0.717, 1.165) is 11.1 Å². The first-order valence-corrected chi connectivity index (χ1v) is 8.05. The minimum Gasteiger partial charge on any atom is -0.341 e. The fraction of sp³-hybridized carbons (Fsp3) is 0.100. The first-order valence-electron chi connectivity index (χ1n) is 7.67. The average molecular weight is 337 g/mol. The molecular weight excluding hydrogens is 320 g/mol. The Morgan fingerprint density at radius 3 is 2.42 bits per heavy atom. The first kappa shape index (κ1) is 16.2. The number of amides is 1. The number of hydrogen-bond acceptors (Lipinski definition) is 2. The highest BCUT2D eigenvalue weighted by atomic mass is 35.5. The Hall–Kier alpha value is -2.65. The van der Waals surface area contributed by atoms with Crippen LogP contribution in [0.25, 0.3) is 0 Å². The molecule has 3 nitrogen and oxygen atoms in total. The molecule has 0 radical (unpaired) electrons. The summed E-state index contributed by atoms with van der Waals surface area (Å²) in [4.78, 5) is 16.8. The number of hydrogen-bond donors (Lipinski definition) is 1. The molecule has 0 aliphatic carbocycles. The van der Waals surface area contributed by atoms with Gasteiger partial charge in [-0.1, -0.05) is 59.6 Å². The summed E-state index contributed by atoms with van der Waals surface area (Å²) in [6, 6.07) is 18.6. The molecule has 0 aliphatic rings. The van der Waals surface area contributed by atoms with Crippen molar-refractivity contribution in [2.75, 3.05) is 0 Å². The largest absolute Gasteiger partial charge is 0.341 e. The van der Waals surface area contributed by atoms with E-state index in [2.05, 4.69) is 10.3 Å². The Kier molecular flexibility index (Phi) is 4.92. The van der Waals surface area contributed by atoms with Gasteiger partial charge in [0.2, 0.25) is 0 Å². The number of aryl methyl sites for hydroxylation is 1. The van der Waals surface area contributed by atoms with E-state index in [-0.39, 0.29) is 11.9 Å². The molecule has 3 rings (SSSR count). The van der Waals surface area contributed by atoms with E-state index in [4.69, 9.17) is 11.6 Å². The maximum Gasteiger partial charge on any atom is 0.253 e. The van der Waals surface area contributed by atoms with Crippen LogP contribution in [0.1, 0.15) is 33.1 Å².